The van der Waals surface area contributed by atoms with Crippen molar-refractivity contribution in [2.75, 3.05) is 19.0 Å². The summed E-state index contributed by atoms with van der Waals surface area (Å²) < 4.78 is 45.3. The van der Waals surface area contributed by atoms with E-state index in [1.807, 2.05) is 0 Å². The second kappa shape index (κ2) is 6.45. The Kier molecular flexibility index (Phi) is 4.49. The maximum Gasteiger partial charge on any atom is 0.262 e. The average Bonchev–Trinajstić information content (AvgIpc) is 2.60. The lowest BCUT2D eigenvalue weighted by atomic mass is 10.1. The molecule has 0 aliphatic carbocycles. The van der Waals surface area contributed by atoms with E-state index in [0.29, 0.717) is 17.0 Å². The Hall–Kier alpha value is -2.45. The van der Waals surface area contributed by atoms with Gasteiger partial charge in [-0.15, -0.1) is 0 Å². The van der Waals surface area contributed by atoms with Gasteiger partial charge in [-0.25, -0.2) is 12.8 Å². The van der Waals surface area contributed by atoms with Gasteiger partial charge in [0.15, 0.2) is 6.61 Å². The van der Waals surface area contributed by atoms with Crippen molar-refractivity contribution < 1.29 is 22.3 Å². The van der Waals surface area contributed by atoms with E-state index in [1.165, 1.54) is 41.7 Å². The summed E-state index contributed by atoms with van der Waals surface area (Å²) in [6.07, 6.45) is 0. The van der Waals surface area contributed by atoms with E-state index in [1.54, 1.807) is 19.1 Å². The molecular formula is C17H17FN2O4S. The lowest BCUT2D eigenvalue weighted by Gasteiger charge is -2.25. The Morgan fingerprint density at radius 1 is 1.20 bits per heavy atom. The number of carbonyl (C=O) groups is 1. The number of benzene rings is 2. The van der Waals surface area contributed by atoms with Crippen molar-refractivity contribution in [3.05, 3.63) is 53.8 Å². The van der Waals surface area contributed by atoms with Crippen molar-refractivity contribution >= 4 is 21.6 Å². The molecule has 2 aromatic carbocycles. The van der Waals surface area contributed by atoms with Crippen molar-refractivity contribution in [2.45, 2.75) is 17.9 Å². The van der Waals surface area contributed by atoms with Crippen molar-refractivity contribution in [1.82, 2.24) is 4.31 Å². The van der Waals surface area contributed by atoms with Gasteiger partial charge in [0, 0.05) is 13.1 Å². The van der Waals surface area contributed by atoms with Gasteiger partial charge in [0.2, 0.25) is 10.0 Å². The monoisotopic (exact) mass is 364 g/mol. The number of anilines is 1. The first-order chi connectivity index (χ1) is 11.8. The normalized spacial score (nSPS) is 15.3. The molecule has 0 spiro atoms. The van der Waals surface area contributed by atoms with E-state index in [-0.39, 0.29) is 23.2 Å². The van der Waals surface area contributed by atoms with Crippen LogP contribution < -0.4 is 10.1 Å². The minimum absolute atomic E-state index is 0.0357. The highest BCUT2D eigenvalue weighted by Gasteiger charge is 2.28. The van der Waals surface area contributed by atoms with E-state index in [0.717, 1.165) is 0 Å². The molecule has 1 atom stereocenters. The molecule has 0 fully saturated rings. The number of ether oxygens (including phenoxy) is 1. The lowest BCUT2D eigenvalue weighted by Crippen LogP contribution is -2.30. The van der Waals surface area contributed by atoms with E-state index < -0.39 is 16.1 Å². The Bertz CT molecular complexity index is 913. The molecule has 0 saturated heterocycles. The molecule has 1 N–H and O–H groups in total. The van der Waals surface area contributed by atoms with Gasteiger partial charge in [-0.05, 0) is 42.8 Å². The molecule has 0 saturated carbocycles. The highest BCUT2D eigenvalue weighted by atomic mass is 32.2. The zero-order valence-electron chi connectivity index (χ0n) is 13.7. The number of fused-ring (bicyclic) bond motifs is 1. The molecule has 132 valence electrons. The summed E-state index contributed by atoms with van der Waals surface area (Å²) in [5.41, 5.74) is 0.988. The number of amides is 1. The summed E-state index contributed by atoms with van der Waals surface area (Å²) in [6.45, 7) is 1.62. The molecule has 6 nitrogen and oxygen atoms in total. The Morgan fingerprint density at radius 2 is 1.88 bits per heavy atom. The number of halogens is 1. The lowest BCUT2D eigenvalue weighted by molar-refractivity contribution is -0.118. The van der Waals surface area contributed by atoms with E-state index in [4.69, 9.17) is 4.74 Å². The van der Waals surface area contributed by atoms with E-state index in [2.05, 4.69) is 5.32 Å². The first-order valence-electron chi connectivity index (χ1n) is 7.59. The third-order valence-electron chi connectivity index (χ3n) is 4.16. The molecule has 1 unspecified atom stereocenters. The smallest absolute Gasteiger partial charge is 0.262 e. The predicted octanol–water partition coefficient (Wildman–Crippen LogP) is 2.54. The summed E-state index contributed by atoms with van der Waals surface area (Å²) in [5, 5.41) is 2.59. The largest absolute Gasteiger partial charge is 0.482 e. The summed E-state index contributed by atoms with van der Waals surface area (Å²) in [5.74, 6) is -0.297. The summed E-state index contributed by atoms with van der Waals surface area (Å²) in [4.78, 5) is 11.5. The van der Waals surface area contributed by atoms with Gasteiger partial charge < -0.3 is 10.1 Å². The molecule has 25 heavy (non-hydrogen) atoms. The number of hydrogen-bond acceptors (Lipinski definition) is 4. The van der Waals surface area contributed by atoms with E-state index >= 15 is 0 Å². The maximum absolute atomic E-state index is 13.1. The zero-order valence-corrected chi connectivity index (χ0v) is 14.5. The first kappa shape index (κ1) is 17.4. The Morgan fingerprint density at radius 3 is 2.56 bits per heavy atom. The fraction of sp³-hybridized carbons (Fsp3) is 0.235. The quantitative estimate of drug-likeness (QED) is 0.905. The molecule has 0 bridgehead atoms. The number of rotatable bonds is 4. The highest BCUT2D eigenvalue weighted by Crippen LogP contribution is 2.33. The predicted molar refractivity (Wildman–Crippen MR) is 90.3 cm³/mol. The minimum Gasteiger partial charge on any atom is -0.482 e. The summed E-state index contributed by atoms with van der Waals surface area (Å²) >= 11 is 0. The van der Waals surface area contributed by atoms with Crippen molar-refractivity contribution in [3.63, 3.8) is 0 Å². The van der Waals surface area contributed by atoms with Crippen LogP contribution in [0.15, 0.2) is 47.4 Å². The molecular weight excluding hydrogens is 347 g/mol. The van der Waals surface area contributed by atoms with Crippen molar-refractivity contribution in [3.8, 4) is 5.75 Å². The molecule has 8 heteroatoms. The zero-order chi connectivity index (χ0) is 18.2. The van der Waals surface area contributed by atoms with Crippen LogP contribution in [0.3, 0.4) is 0 Å². The number of carbonyl (C=O) groups excluding carboxylic acids is 1. The molecule has 1 amide bonds. The van der Waals surface area contributed by atoms with Gasteiger partial charge in [-0.3, -0.25) is 4.79 Å². The third kappa shape index (κ3) is 3.35. The molecule has 1 aliphatic heterocycles. The van der Waals surface area contributed by atoms with Gasteiger partial charge in [0.1, 0.15) is 11.6 Å². The number of nitrogens with one attached hydrogen (secondary N) is 1. The number of hydrogen-bond donors (Lipinski definition) is 1. The van der Waals surface area contributed by atoms with Crippen LogP contribution in [-0.2, 0) is 14.8 Å². The van der Waals surface area contributed by atoms with Gasteiger partial charge in [0.25, 0.3) is 5.91 Å². The van der Waals surface area contributed by atoms with Crippen LogP contribution in [0.1, 0.15) is 18.5 Å². The fourth-order valence-electron chi connectivity index (χ4n) is 2.55. The maximum atomic E-state index is 13.1. The highest BCUT2D eigenvalue weighted by molar-refractivity contribution is 7.89. The second-order valence-electron chi connectivity index (χ2n) is 5.74. The van der Waals surface area contributed by atoms with Crippen LogP contribution in [0.5, 0.6) is 5.75 Å². The molecule has 0 radical (unpaired) electrons. The molecule has 1 heterocycles. The van der Waals surface area contributed by atoms with Crippen LogP contribution in [-0.4, -0.2) is 32.3 Å². The number of nitrogens with zero attached hydrogens (tertiary/aromatic N) is 1. The van der Waals surface area contributed by atoms with Crippen LogP contribution in [0.2, 0.25) is 0 Å². The van der Waals surface area contributed by atoms with Crippen LogP contribution in [0.4, 0.5) is 10.1 Å². The molecule has 1 aliphatic rings. The summed E-state index contributed by atoms with van der Waals surface area (Å²) in [7, 11) is -2.36. The van der Waals surface area contributed by atoms with Crippen LogP contribution in [0, 0.1) is 5.82 Å². The Balaban J connectivity index is 1.91. The van der Waals surface area contributed by atoms with Gasteiger partial charge in [-0.1, -0.05) is 12.1 Å². The molecule has 0 aromatic heterocycles. The SMILES string of the molecule is CC(c1ccc(F)cc1)N(C)S(=O)(=O)c1ccc2c(c1)NC(=O)CO2. The molecule has 2 aromatic rings. The Labute approximate surface area is 145 Å². The molecule has 3 rings (SSSR count). The minimum atomic E-state index is -3.81. The van der Waals surface area contributed by atoms with Gasteiger partial charge in [-0.2, -0.15) is 4.31 Å². The van der Waals surface area contributed by atoms with Crippen molar-refractivity contribution in [1.29, 1.82) is 0 Å². The van der Waals surface area contributed by atoms with Crippen LogP contribution >= 0.6 is 0 Å². The van der Waals surface area contributed by atoms with Gasteiger partial charge in [0.05, 0.1) is 10.6 Å². The topological polar surface area (TPSA) is 75.7 Å². The van der Waals surface area contributed by atoms with E-state index in [9.17, 15) is 17.6 Å². The van der Waals surface area contributed by atoms with Crippen molar-refractivity contribution in [2.24, 2.45) is 0 Å². The van der Waals surface area contributed by atoms with Gasteiger partial charge >= 0.3 is 0 Å². The average molecular weight is 364 g/mol. The first-order valence-corrected chi connectivity index (χ1v) is 9.03. The standard InChI is InChI=1S/C17H17FN2O4S/c1-11(12-3-5-13(18)6-4-12)20(2)25(22,23)14-7-8-16-15(9-14)19-17(21)10-24-16/h3-9,11H,10H2,1-2H3,(H,19,21). The third-order valence-corrected chi connectivity index (χ3v) is 6.08. The van der Waals surface area contributed by atoms with Crippen LogP contribution in [0.25, 0.3) is 0 Å². The number of sulfonamides is 1. The second-order valence-corrected chi connectivity index (χ2v) is 7.74. The fourth-order valence-corrected chi connectivity index (χ4v) is 3.93. The summed E-state index contributed by atoms with van der Waals surface area (Å²) in [6, 6.07) is 9.50.